The minimum absolute atomic E-state index is 0.000559. The Balaban J connectivity index is 1.57. The highest BCUT2D eigenvalue weighted by Crippen LogP contribution is 2.38. The van der Waals surface area contributed by atoms with E-state index in [1.54, 1.807) is 24.3 Å². The fourth-order valence-electron chi connectivity index (χ4n) is 5.12. The molecule has 9 heteroatoms. The van der Waals surface area contributed by atoms with Crippen LogP contribution in [0.4, 0.5) is 13.2 Å². The number of hydrogen-bond donors (Lipinski definition) is 0. The fourth-order valence-corrected chi connectivity index (χ4v) is 5.25. The Bertz CT molecular complexity index is 1070. The molecule has 0 aliphatic carbocycles. The number of piperidine rings is 2. The second-order valence-electron chi connectivity index (χ2n) is 9.73. The number of carbonyl (C=O) groups excluding carboxylic acids is 2. The van der Waals surface area contributed by atoms with Gasteiger partial charge in [-0.2, -0.15) is 13.2 Å². The van der Waals surface area contributed by atoms with Crippen LogP contribution in [0.15, 0.2) is 48.5 Å². The molecule has 0 saturated carbocycles. The lowest BCUT2D eigenvalue weighted by molar-refractivity contribution is -0.138. The number of amides is 2. The maximum absolute atomic E-state index is 13.6. The number of carbonyl (C=O) groups is 2. The van der Waals surface area contributed by atoms with Crippen LogP contribution in [0.1, 0.15) is 54.4 Å². The van der Waals surface area contributed by atoms with Crippen molar-refractivity contribution in [1.29, 1.82) is 0 Å². The van der Waals surface area contributed by atoms with Crippen molar-refractivity contribution >= 4 is 23.4 Å². The van der Waals surface area contributed by atoms with Crippen molar-refractivity contribution in [3.8, 4) is 5.75 Å². The van der Waals surface area contributed by atoms with E-state index in [0.29, 0.717) is 43.2 Å². The Kier molecular flexibility index (Phi) is 8.13. The molecule has 5 nitrogen and oxygen atoms in total. The monoisotopic (exact) mass is 522 g/mol. The topological polar surface area (TPSA) is 49.9 Å². The smallest absolute Gasteiger partial charge is 0.417 e. The normalized spacial score (nSPS) is 20.8. The molecule has 2 heterocycles. The summed E-state index contributed by atoms with van der Waals surface area (Å²) in [4.78, 5) is 29.9. The van der Waals surface area contributed by atoms with E-state index in [0.717, 1.165) is 25.3 Å². The summed E-state index contributed by atoms with van der Waals surface area (Å²) in [6.45, 7) is 2.04. The van der Waals surface area contributed by atoms with Crippen LogP contribution >= 0.6 is 11.6 Å². The summed E-state index contributed by atoms with van der Waals surface area (Å²) in [6.07, 6.45) is -0.262. The third-order valence-corrected chi connectivity index (χ3v) is 7.26. The first-order valence-electron chi connectivity index (χ1n) is 12.3. The van der Waals surface area contributed by atoms with E-state index in [2.05, 4.69) is 0 Å². The second kappa shape index (κ2) is 11.1. The van der Waals surface area contributed by atoms with E-state index < -0.39 is 23.1 Å². The van der Waals surface area contributed by atoms with Gasteiger partial charge in [-0.1, -0.05) is 23.7 Å². The SMILES string of the molecule is O=C(C[C@]1(COc2ccc(Cl)cc2)CCCN(C(=O)c2ccccc2C(F)(F)F)C1)N1CCCCC1. The number of likely N-dealkylation sites (tertiary alicyclic amines) is 2. The van der Waals surface area contributed by atoms with E-state index in [1.165, 1.54) is 23.1 Å². The largest absolute Gasteiger partial charge is 0.493 e. The number of alkyl halides is 3. The van der Waals surface area contributed by atoms with E-state index in [4.69, 9.17) is 16.3 Å². The van der Waals surface area contributed by atoms with Gasteiger partial charge in [-0.15, -0.1) is 0 Å². The Labute approximate surface area is 214 Å². The van der Waals surface area contributed by atoms with Crippen molar-refractivity contribution in [1.82, 2.24) is 9.80 Å². The van der Waals surface area contributed by atoms with Crippen molar-refractivity contribution < 1.29 is 27.5 Å². The molecule has 0 spiro atoms. The van der Waals surface area contributed by atoms with E-state index in [-0.39, 0.29) is 31.0 Å². The highest BCUT2D eigenvalue weighted by Gasteiger charge is 2.43. The minimum Gasteiger partial charge on any atom is -0.493 e. The molecule has 2 amide bonds. The van der Waals surface area contributed by atoms with Crippen LogP contribution in [0.3, 0.4) is 0 Å². The zero-order chi connectivity index (χ0) is 25.8. The zero-order valence-electron chi connectivity index (χ0n) is 20.0. The van der Waals surface area contributed by atoms with Gasteiger partial charge in [-0.3, -0.25) is 9.59 Å². The van der Waals surface area contributed by atoms with Crippen molar-refractivity contribution in [2.24, 2.45) is 5.41 Å². The maximum atomic E-state index is 13.6. The molecule has 1 atom stereocenters. The second-order valence-corrected chi connectivity index (χ2v) is 10.2. The number of rotatable bonds is 6. The standard InChI is InChI=1S/C27H30ClF3N2O3/c28-20-9-11-21(12-10-20)36-19-26(17-24(34)32-14-4-1-5-15-32)13-6-16-33(18-26)25(35)22-7-2-3-8-23(22)27(29,30)31/h2-3,7-12H,1,4-6,13-19H2/t26-/m1/s1. The van der Waals surface area contributed by atoms with Crippen molar-refractivity contribution in [3.63, 3.8) is 0 Å². The Morgan fingerprint density at radius 3 is 2.28 bits per heavy atom. The van der Waals surface area contributed by atoms with Gasteiger partial charge in [-0.05, 0) is 68.5 Å². The molecule has 2 saturated heterocycles. The molecule has 194 valence electrons. The van der Waals surface area contributed by atoms with Crippen molar-refractivity contribution in [2.45, 2.75) is 44.7 Å². The number of halogens is 4. The molecule has 4 rings (SSSR count). The van der Waals surface area contributed by atoms with E-state index in [9.17, 15) is 22.8 Å². The number of nitrogens with zero attached hydrogens (tertiary/aromatic N) is 2. The van der Waals surface area contributed by atoms with Gasteiger partial charge in [0.25, 0.3) is 5.91 Å². The Hall–Kier alpha value is -2.74. The third kappa shape index (κ3) is 6.33. The van der Waals surface area contributed by atoms with Crippen LogP contribution in [0.2, 0.25) is 5.02 Å². The van der Waals surface area contributed by atoms with Crippen LogP contribution in [-0.2, 0) is 11.0 Å². The van der Waals surface area contributed by atoms with E-state index >= 15 is 0 Å². The van der Waals surface area contributed by atoms with Gasteiger partial charge in [0.2, 0.25) is 5.91 Å². The quantitative estimate of drug-likeness (QED) is 0.463. The lowest BCUT2D eigenvalue weighted by atomic mass is 9.77. The molecule has 0 radical (unpaired) electrons. The van der Waals surface area contributed by atoms with Crippen LogP contribution < -0.4 is 4.74 Å². The average molecular weight is 523 g/mol. The molecule has 0 N–H and O–H groups in total. The summed E-state index contributed by atoms with van der Waals surface area (Å²) >= 11 is 5.97. The predicted octanol–water partition coefficient (Wildman–Crippen LogP) is 6.06. The number of hydrogen-bond acceptors (Lipinski definition) is 3. The summed E-state index contributed by atoms with van der Waals surface area (Å²) in [5, 5.41) is 0.565. The summed E-state index contributed by atoms with van der Waals surface area (Å²) in [5.41, 5.74) is -2.04. The molecular weight excluding hydrogens is 493 g/mol. The molecule has 0 unspecified atom stereocenters. The van der Waals surface area contributed by atoms with E-state index in [1.807, 2.05) is 4.90 Å². The van der Waals surface area contributed by atoms with Crippen LogP contribution in [0.25, 0.3) is 0 Å². The summed E-state index contributed by atoms with van der Waals surface area (Å²) in [7, 11) is 0. The van der Waals surface area contributed by atoms with Gasteiger partial charge in [0.05, 0.1) is 17.7 Å². The number of ether oxygens (including phenoxy) is 1. The zero-order valence-corrected chi connectivity index (χ0v) is 20.8. The molecule has 2 aromatic rings. The van der Waals surface area contributed by atoms with Crippen LogP contribution in [0.5, 0.6) is 5.75 Å². The van der Waals surface area contributed by atoms with Crippen molar-refractivity contribution in [2.75, 3.05) is 32.8 Å². The number of benzene rings is 2. The fraction of sp³-hybridized carbons (Fsp3) is 0.481. The first-order valence-corrected chi connectivity index (χ1v) is 12.7. The highest BCUT2D eigenvalue weighted by atomic mass is 35.5. The Morgan fingerprint density at radius 2 is 1.58 bits per heavy atom. The molecule has 2 aliphatic heterocycles. The molecule has 2 aromatic carbocycles. The average Bonchev–Trinajstić information content (AvgIpc) is 2.88. The van der Waals surface area contributed by atoms with Gasteiger partial charge < -0.3 is 14.5 Å². The summed E-state index contributed by atoms with van der Waals surface area (Å²) < 4.78 is 46.8. The van der Waals surface area contributed by atoms with Gasteiger partial charge in [0.1, 0.15) is 5.75 Å². The lowest BCUT2D eigenvalue weighted by Gasteiger charge is -2.43. The van der Waals surface area contributed by atoms with Gasteiger partial charge in [0, 0.05) is 43.0 Å². The van der Waals surface area contributed by atoms with Crippen LogP contribution in [-0.4, -0.2) is 54.4 Å². The van der Waals surface area contributed by atoms with Crippen LogP contribution in [0, 0.1) is 5.41 Å². The summed E-state index contributed by atoms with van der Waals surface area (Å²) in [5.74, 6) is -0.0987. The lowest BCUT2D eigenvalue weighted by Crippen LogP contribution is -2.51. The highest BCUT2D eigenvalue weighted by molar-refractivity contribution is 6.30. The minimum atomic E-state index is -4.64. The molecule has 2 fully saturated rings. The molecule has 2 aliphatic rings. The van der Waals surface area contributed by atoms with Gasteiger partial charge in [-0.25, -0.2) is 0 Å². The third-order valence-electron chi connectivity index (χ3n) is 7.01. The predicted molar refractivity (Wildman–Crippen MR) is 131 cm³/mol. The molecule has 0 bridgehead atoms. The molecule has 36 heavy (non-hydrogen) atoms. The summed E-state index contributed by atoms with van der Waals surface area (Å²) in [6, 6.07) is 11.7. The molecular formula is C27H30ClF3N2O3. The Morgan fingerprint density at radius 1 is 0.917 bits per heavy atom. The maximum Gasteiger partial charge on any atom is 0.417 e. The first-order chi connectivity index (χ1) is 17.2. The first kappa shape index (κ1) is 26.3. The van der Waals surface area contributed by atoms with Gasteiger partial charge in [0.15, 0.2) is 0 Å². The van der Waals surface area contributed by atoms with Crippen molar-refractivity contribution in [3.05, 3.63) is 64.7 Å². The molecule has 0 aromatic heterocycles. The van der Waals surface area contributed by atoms with Gasteiger partial charge >= 0.3 is 6.18 Å².